The first kappa shape index (κ1) is 14.1. The Bertz CT molecular complexity index is 436. The molecule has 0 spiro atoms. The molecular weight excluding hydrogens is 242 g/mol. The van der Waals surface area contributed by atoms with E-state index in [0.717, 1.165) is 25.0 Å². The van der Waals surface area contributed by atoms with Crippen LogP contribution in [-0.4, -0.2) is 44.9 Å². The molecule has 1 aromatic rings. The summed E-state index contributed by atoms with van der Waals surface area (Å²) in [7, 11) is 1.80. The summed E-state index contributed by atoms with van der Waals surface area (Å²) in [5, 5.41) is 13.5. The number of hydrogen-bond donors (Lipinski definition) is 1. The van der Waals surface area contributed by atoms with Crippen LogP contribution in [0, 0.1) is 0 Å². The monoisotopic (exact) mass is 265 g/mol. The standard InChI is InChI=1S/C14H23N3O2/c1-3-11-10-13(16(2)15-11)14(19)17(8-9-18)12-6-4-5-7-12/h10,12,18H,3-9H2,1-2H3. The maximum Gasteiger partial charge on any atom is 0.272 e. The molecule has 1 aliphatic carbocycles. The maximum absolute atomic E-state index is 12.6. The van der Waals surface area contributed by atoms with Crippen molar-refractivity contribution in [1.82, 2.24) is 14.7 Å². The third-order valence-electron chi connectivity index (χ3n) is 3.88. The van der Waals surface area contributed by atoms with E-state index in [1.165, 1.54) is 12.8 Å². The minimum atomic E-state index is -0.00403. The van der Waals surface area contributed by atoms with Gasteiger partial charge in [-0.2, -0.15) is 5.10 Å². The lowest BCUT2D eigenvalue weighted by Gasteiger charge is -2.28. The van der Waals surface area contributed by atoms with Crippen molar-refractivity contribution in [3.8, 4) is 0 Å². The average molecular weight is 265 g/mol. The van der Waals surface area contributed by atoms with Crippen LogP contribution in [0.25, 0.3) is 0 Å². The summed E-state index contributed by atoms with van der Waals surface area (Å²) in [5.74, 6) is -0.00403. The smallest absolute Gasteiger partial charge is 0.272 e. The number of carbonyl (C=O) groups excluding carboxylic acids is 1. The summed E-state index contributed by atoms with van der Waals surface area (Å²) in [6.45, 7) is 2.45. The molecule has 2 rings (SSSR count). The van der Waals surface area contributed by atoms with Gasteiger partial charge in [-0.25, -0.2) is 0 Å². The quantitative estimate of drug-likeness (QED) is 0.874. The lowest BCUT2D eigenvalue weighted by atomic mass is 10.2. The molecule has 1 heterocycles. The molecule has 0 atom stereocenters. The molecular formula is C14H23N3O2. The topological polar surface area (TPSA) is 58.4 Å². The van der Waals surface area contributed by atoms with E-state index in [2.05, 4.69) is 5.10 Å². The molecule has 19 heavy (non-hydrogen) atoms. The minimum Gasteiger partial charge on any atom is -0.395 e. The molecule has 1 aliphatic rings. The van der Waals surface area contributed by atoms with Crippen LogP contribution in [-0.2, 0) is 13.5 Å². The van der Waals surface area contributed by atoms with Crippen LogP contribution in [0.1, 0.15) is 48.8 Å². The van der Waals surface area contributed by atoms with Crippen molar-refractivity contribution in [2.75, 3.05) is 13.2 Å². The molecule has 0 unspecified atom stereocenters. The van der Waals surface area contributed by atoms with Crippen molar-refractivity contribution in [2.24, 2.45) is 7.05 Å². The van der Waals surface area contributed by atoms with Crippen molar-refractivity contribution in [3.05, 3.63) is 17.5 Å². The minimum absolute atomic E-state index is 0.00403. The third-order valence-corrected chi connectivity index (χ3v) is 3.88. The van der Waals surface area contributed by atoms with Crippen LogP contribution < -0.4 is 0 Å². The molecule has 1 amide bonds. The second-order valence-electron chi connectivity index (χ2n) is 5.16. The fourth-order valence-electron chi connectivity index (χ4n) is 2.82. The zero-order valence-corrected chi connectivity index (χ0v) is 11.8. The highest BCUT2D eigenvalue weighted by Gasteiger charge is 2.28. The number of carbonyl (C=O) groups is 1. The van der Waals surface area contributed by atoms with Gasteiger partial charge in [-0.1, -0.05) is 19.8 Å². The van der Waals surface area contributed by atoms with E-state index in [0.29, 0.717) is 12.2 Å². The predicted molar refractivity (Wildman–Crippen MR) is 73.0 cm³/mol. The molecule has 5 nitrogen and oxygen atoms in total. The Morgan fingerprint density at radius 2 is 2.21 bits per heavy atom. The van der Waals surface area contributed by atoms with Crippen molar-refractivity contribution < 1.29 is 9.90 Å². The first-order valence-corrected chi connectivity index (χ1v) is 7.12. The first-order valence-electron chi connectivity index (χ1n) is 7.12. The number of aliphatic hydroxyl groups is 1. The summed E-state index contributed by atoms with van der Waals surface area (Å²) in [6, 6.07) is 2.14. The summed E-state index contributed by atoms with van der Waals surface area (Å²) in [4.78, 5) is 14.4. The average Bonchev–Trinajstić information content (AvgIpc) is 3.04. The van der Waals surface area contributed by atoms with Gasteiger partial charge in [-0.3, -0.25) is 9.48 Å². The molecule has 0 saturated heterocycles. The molecule has 1 saturated carbocycles. The highest BCUT2D eigenvalue weighted by Crippen LogP contribution is 2.24. The molecule has 5 heteroatoms. The summed E-state index contributed by atoms with van der Waals surface area (Å²) < 4.78 is 1.65. The maximum atomic E-state index is 12.6. The van der Waals surface area contributed by atoms with Crippen LogP contribution in [0.5, 0.6) is 0 Å². The van der Waals surface area contributed by atoms with Gasteiger partial charge < -0.3 is 10.0 Å². The largest absolute Gasteiger partial charge is 0.395 e. The van der Waals surface area contributed by atoms with Crippen LogP contribution in [0.4, 0.5) is 0 Å². The highest BCUT2D eigenvalue weighted by molar-refractivity contribution is 5.93. The number of rotatable bonds is 5. The third kappa shape index (κ3) is 2.97. The van der Waals surface area contributed by atoms with Crippen LogP contribution in [0.15, 0.2) is 6.07 Å². The van der Waals surface area contributed by atoms with Gasteiger partial charge in [0.1, 0.15) is 5.69 Å². The fraction of sp³-hybridized carbons (Fsp3) is 0.714. The van der Waals surface area contributed by atoms with Crippen LogP contribution in [0.2, 0.25) is 0 Å². The van der Waals surface area contributed by atoms with Crippen molar-refractivity contribution in [2.45, 2.75) is 45.1 Å². The van der Waals surface area contributed by atoms with Gasteiger partial charge in [0.05, 0.1) is 12.3 Å². The number of hydrogen-bond acceptors (Lipinski definition) is 3. The van der Waals surface area contributed by atoms with E-state index < -0.39 is 0 Å². The first-order chi connectivity index (χ1) is 9.17. The molecule has 0 bridgehead atoms. The van der Waals surface area contributed by atoms with Gasteiger partial charge in [0, 0.05) is 19.6 Å². The SMILES string of the molecule is CCc1cc(C(=O)N(CCO)C2CCCC2)n(C)n1. The van der Waals surface area contributed by atoms with Crippen LogP contribution in [0.3, 0.4) is 0 Å². The lowest BCUT2D eigenvalue weighted by molar-refractivity contribution is 0.0627. The molecule has 0 radical (unpaired) electrons. The van der Waals surface area contributed by atoms with E-state index in [1.807, 2.05) is 17.9 Å². The molecule has 1 fully saturated rings. The summed E-state index contributed by atoms with van der Waals surface area (Å²) >= 11 is 0. The molecule has 1 aromatic heterocycles. The fourth-order valence-corrected chi connectivity index (χ4v) is 2.82. The Hall–Kier alpha value is -1.36. The van der Waals surface area contributed by atoms with E-state index in [4.69, 9.17) is 0 Å². The Morgan fingerprint density at radius 1 is 1.53 bits per heavy atom. The Labute approximate surface area is 114 Å². The number of amides is 1. The number of nitrogens with zero attached hydrogens (tertiary/aromatic N) is 3. The second-order valence-corrected chi connectivity index (χ2v) is 5.16. The van der Waals surface area contributed by atoms with Crippen molar-refractivity contribution in [3.63, 3.8) is 0 Å². The van der Waals surface area contributed by atoms with Gasteiger partial charge >= 0.3 is 0 Å². The second kappa shape index (κ2) is 6.19. The molecule has 1 N–H and O–H groups in total. The molecule has 0 aromatic carbocycles. The van der Waals surface area contributed by atoms with Gasteiger partial charge in [-0.05, 0) is 25.3 Å². The summed E-state index contributed by atoms with van der Waals surface area (Å²) in [6.07, 6.45) is 5.26. The number of aryl methyl sites for hydroxylation is 2. The van der Waals surface area contributed by atoms with Gasteiger partial charge in [0.2, 0.25) is 0 Å². The van der Waals surface area contributed by atoms with E-state index in [1.54, 1.807) is 11.7 Å². The number of aromatic nitrogens is 2. The zero-order valence-electron chi connectivity index (χ0n) is 11.8. The van der Waals surface area contributed by atoms with Gasteiger partial charge in [0.15, 0.2) is 0 Å². The van der Waals surface area contributed by atoms with E-state index in [-0.39, 0.29) is 18.6 Å². The van der Waals surface area contributed by atoms with Crippen molar-refractivity contribution in [1.29, 1.82) is 0 Å². The normalized spacial score (nSPS) is 15.9. The van der Waals surface area contributed by atoms with Crippen molar-refractivity contribution >= 4 is 5.91 Å². The zero-order chi connectivity index (χ0) is 13.8. The highest BCUT2D eigenvalue weighted by atomic mass is 16.3. The summed E-state index contributed by atoms with van der Waals surface area (Å²) in [5.41, 5.74) is 1.55. The Balaban J connectivity index is 2.19. The Morgan fingerprint density at radius 3 is 2.74 bits per heavy atom. The Kier molecular flexibility index (Phi) is 4.58. The van der Waals surface area contributed by atoms with Crippen LogP contribution >= 0.6 is 0 Å². The number of aliphatic hydroxyl groups excluding tert-OH is 1. The lowest BCUT2D eigenvalue weighted by Crippen LogP contribution is -2.41. The molecule has 0 aliphatic heterocycles. The predicted octanol–water partition coefficient (Wildman–Crippen LogP) is 1.36. The molecule has 106 valence electrons. The van der Waals surface area contributed by atoms with Gasteiger partial charge in [-0.15, -0.1) is 0 Å². The van der Waals surface area contributed by atoms with E-state index in [9.17, 15) is 9.90 Å². The van der Waals surface area contributed by atoms with E-state index >= 15 is 0 Å². The van der Waals surface area contributed by atoms with Gasteiger partial charge in [0.25, 0.3) is 5.91 Å².